The van der Waals surface area contributed by atoms with Crippen molar-refractivity contribution in [2.24, 2.45) is 0 Å². The second-order valence-electron chi connectivity index (χ2n) is 5.70. The van der Waals surface area contributed by atoms with Crippen molar-refractivity contribution >= 4 is 22.8 Å². The van der Waals surface area contributed by atoms with Crippen molar-refractivity contribution in [3.05, 3.63) is 39.7 Å². The second-order valence-corrected chi connectivity index (χ2v) is 5.70. The molecule has 0 fully saturated rings. The summed E-state index contributed by atoms with van der Waals surface area (Å²) in [4.78, 5) is 34.1. The van der Waals surface area contributed by atoms with Gasteiger partial charge in [0.2, 0.25) is 0 Å². The van der Waals surface area contributed by atoms with Crippen LogP contribution in [0.1, 0.15) is 31.4 Å². The smallest absolute Gasteiger partial charge is 0.336 e. The number of hydrogen-bond donors (Lipinski definition) is 2. The Kier molecular flexibility index (Phi) is 5.80. The van der Waals surface area contributed by atoms with Gasteiger partial charge in [-0.05, 0) is 38.0 Å². The van der Waals surface area contributed by atoms with E-state index in [-0.39, 0.29) is 13.0 Å². The fraction of sp³-hybridized carbons (Fsp3) is 0.389. The molecule has 1 aromatic heterocycles. The third kappa shape index (κ3) is 4.37. The molecule has 1 aromatic carbocycles. The Bertz CT molecular complexity index is 855. The molecule has 0 unspecified atom stereocenters. The van der Waals surface area contributed by atoms with E-state index < -0.39 is 23.6 Å². The molecule has 2 rings (SSSR count). The molecule has 0 saturated carbocycles. The van der Waals surface area contributed by atoms with Crippen LogP contribution >= 0.6 is 0 Å². The van der Waals surface area contributed by atoms with Crippen molar-refractivity contribution in [3.8, 4) is 5.75 Å². The Morgan fingerprint density at radius 2 is 2.08 bits per heavy atom. The van der Waals surface area contributed by atoms with Crippen molar-refractivity contribution in [3.63, 3.8) is 0 Å². The van der Waals surface area contributed by atoms with Crippen molar-refractivity contribution in [1.29, 1.82) is 0 Å². The van der Waals surface area contributed by atoms with Gasteiger partial charge in [0.05, 0.1) is 6.42 Å². The third-order valence-corrected chi connectivity index (χ3v) is 3.89. The van der Waals surface area contributed by atoms with Gasteiger partial charge in [-0.25, -0.2) is 4.79 Å². The lowest BCUT2D eigenvalue weighted by atomic mass is 10.0. The van der Waals surface area contributed by atoms with Gasteiger partial charge >= 0.3 is 11.6 Å². The molecule has 25 heavy (non-hydrogen) atoms. The summed E-state index contributed by atoms with van der Waals surface area (Å²) >= 11 is 0. The minimum atomic E-state index is -0.985. The van der Waals surface area contributed by atoms with Crippen LogP contribution in [0.25, 0.3) is 11.0 Å². The molecule has 7 nitrogen and oxygen atoms in total. The summed E-state index contributed by atoms with van der Waals surface area (Å²) in [7, 11) is 0. The molecule has 134 valence electrons. The monoisotopic (exact) mass is 347 g/mol. The van der Waals surface area contributed by atoms with Crippen LogP contribution in [-0.4, -0.2) is 29.6 Å². The van der Waals surface area contributed by atoms with E-state index in [1.165, 1.54) is 6.07 Å². The molecule has 1 atom stereocenters. The summed E-state index contributed by atoms with van der Waals surface area (Å²) in [5.41, 5.74) is 1.54. The molecule has 1 amide bonds. The molecule has 0 radical (unpaired) electrons. The normalized spacial score (nSPS) is 12.0. The molecule has 0 saturated heterocycles. The maximum Gasteiger partial charge on any atom is 0.336 e. The van der Waals surface area contributed by atoms with Gasteiger partial charge in [0, 0.05) is 23.6 Å². The van der Waals surface area contributed by atoms with E-state index in [4.69, 9.17) is 14.3 Å². The minimum Gasteiger partial charge on any atom is -0.481 e. The van der Waals surface area contributed by atoms with Crippen molar-refractivity contribution < 1.29 is 23.8 Å². The quantitative estimate of drug-likeness (QED) is 0.742. The molecule has 2 aromatic rings. The number of ether oxygens (including phenoxy) is 1. The van der Waals surface area contributed by atoms with Crippen molar-refractivity contribution in [2.45, 2.75) is 39.7 Å². The first kappa shape index (κ1) is 18.5. The van der Waals surface area contributed by atoms with Crippen LogP contribution in [0.4, 0.5) is 0 Å². The molecule has 0 spiro atoms. The average Bonchev–Trinajstić information content (AvgIpc) is 2.56. The van der Waals surface area contributed by atoms with Crippen LogP contribution < -0.4 is 15.7 Å². The number of nitrogens with one attached hydrogen (secondary N) is 1. The number of fused-ring (bicyclic) bond motifs is 1. The van der Waals surface area contributed by atoms with Crippen molar-refractivity contribution in [1.82, 2.24) is 5.32 Å². The van der Waals surface area contributed by atoms with E-state index in [1.54, 1.807) is 26.0 Å². The van der Waals surface area contributed by atoms with Gasteiger partial charge in [-0.2, -0.15) is 0 Å². The number of aliphatic carboxylic acids is 1. The van der Waals surface area contributed by atoms with Gasteiger partial charge in [0.1, 0.15) is 11.3 Å². The summed E-state index contributed by atoms with van der Waals surface area (Å²) in [5, 5.41) is 11.9. The van der Waals surface area contributed by atoms with Gasteiger partial charge in [0.25, 0.3) is 5.91 Å². The van der Waals surface area contributed by atoms with E-state index in [2.05, 4.69) is 5.32 Å². The maximum absolute atomic E-state index is 12.0. The lowest BCUT2D eigenvalue weighted by Gasteiger charge is -2.17. The molecular weight excluding hydrogens is 326 g/mol. The Morgan fingerprint density at radius 3 is 2.72 bits per heavy atom. The van der Waals surface area contributed by atoms with Gasteiger partial charge < -0.3 is 19.6 Å². The molecular formula is C18H21NO6. The van der Waals surface area contributed by atoms with Gasteiger partial charge in [-0.3, -0.25) is 9.59 Å². The first-order chi connectivity index (χ1) is 11.8. The number of carboxylic acid groups (broad SMARTS) is 1. The van der Waals surface area contributed by atoms with Crippen molar-refractivity contribution in [2.75, 3.05) is 6.54 Å². The fourth-order valence-electron chi connectivity index (χ4n) is 2.51. The summed E-state index contributed by atoms with van der Waals surface area (Å²) in [5.74, 6) is -0.963. The Balaban J connectivity index is 2.21. The predicted molar refractivity (Wildman–Crippen MR) is 92.0 cm³/mol. The zero-order valence-electron chi connectivity index (χ0n) is 14.4. The SMILES string of the molecule is CCc1cc(=O)oc2c(C)c(O[C@H](C)C(=O)NCCC(=O)O)ccc12. The number of rotatable bonds is 7. The molecule has 2 N–H and O–H groups in total. The van der Waals surface area contributed by atoms with E-state index in [0.717, 1.165) is 10.9 Å². The van der Waals surface area contributed by atoms with Gasteiger partial charge in [-0.15, -0.1) is 0 Å². The first-order valence-corrected chi connectivity index (χ1v) is 8.06. The lowest BCUT2D eigenvalue weighted by molar-refractivity contribution is -0.137. The van der Waals surface area contributed by atoms with E-state index in [1.807, 2.05) is 6.92 Å². The predicted octanol–water partition coefficient (Wildman–Crippen LogP) is 2.02. The van der Waals surface area contributed by atoms with Crippen LogP contribution in [0.3, 0.4) is 0 Å². The first-order valence-electron chi connectivity index (χ1n) is 8.06. The molecule has 0 aliphatic carbocycles. The molecule has 1 heterocycles. The zero-order chi connectivity index (χ0) is 18.6. The number of benzene rings is 1. The highest BCUT2D eigenvalue weighted by molar-refractivity contribution is 5.85. The minimum absolute atomic E-state index is 0.0350. The van der Waals surface area contributed by atoms with Crippen LogP contribution in [-0.2, 0) is 16.0 Å². The summed E-state index contributed by atoms with van der Waals surface area (Å²) in [6, 6.07) is 5.01. The number of carbonyl (C=O) groups is 2. The number of carboxylic acids is 1. The van der Waals surface area contributed by atoms with E-state index >= 15 is 0 Å². The topological polar surface area (TPSA) is 106 Å². The fourth-order valence-corrected chi connectivity index (χ4v) is 2.51. The van der Waals surface area contributed by atoms with Crippen LogP contribution in [0.5, 0.6) is 5.75 Å². The Hall–Kier alpha value is -2.83. The highest BCUT2D eigenvalue weighted by Gasteiger charge is 2.18. The number of amides is 1. The standard InChI is InChI=1S/C18H21NO6/c1-4-12-9-16(22)25-17-10(2)14(6-5-13(12)17)24-11(3)18(23)19-8-7-15(20)21/h5-6,9,11H,4,7-8H2,1-3H3,(H,19,23)(H,20,21)/t11-/m1/s1. The van der Waals surface area contributed by atoms with E-state index in [9.17, 15) is 14.4 Å². The summed E-state index contributed by atoms with van der Waals surface area (Å²) in [6.07, 6.45) is -0.270. The highest BCUT2D eigenvalue weighted by atomic mass is 16.5. The van der Waals surface area contributed by atoms with Crippen LogP contribution in [0.15, 0.2) is 27.4 Å². The average molecular weight is 347 g/mol. The molecule has 7 heteroatoms. The largest absolute Gasteiger partial charge is 0.481 e. The Morgan fingerprint density at radius 1 is 1.36 bits per heavy atom. The lowest BCUT2D eigenvalue weighted by Crippen LogP contribution is -2.37. The maximum atomic E-state index is 12.0. The van der Waals surface area contributed by atoms with Gasteiger partial charge in [-0.1, -0.05) is 6.92 Å². The molecule has 0 aliphatic rings. The molecule has 0 bridgehead atoms. The number of carbonyl (C=O) groups excluding carboxylic acids is 1. The second kappa shape index (κ2) is 7.83. The zero-order valence-corrected chi connectivity index (χ0v) is 14.4. The third-order valence-electron chi connectivity index (χ3n) is 3.89. The molecule has 0 aliphatic heterocycles. The summed E-state index contributed by atoms with van der Waals surface area (Å²) in [6.45, 7) is 5.32. The highest BCUT2D eigenvalue weighted by Crippen LogP contribution is 2.29. The van der Waals surface area contributed by atoms with E-state index in [0.29, 0.717) is 23.3 Å². The summed E-state index contributed by atoms with van der Waals surface area (Å²) < 4.78 is 11.0. The van der Waals surface area contributed by atoms with Crippen LogP contribution in [0.2, 0.25) is 0 Å². The van der Waals surface area contributed by atoms with Crippen LogP contribution in [0, 0.1) is 6.92 Å². The van der Waals surface area contributed by atoms with Gasteiger partial charge in [0.15, 0.2) is 6.10 Å². The number of aryl methyl sites for hydroxylation is 2. The Labute approximate surface area is 144 Å². The number of hydrogen-bond acceptors (Lipinski definition) is 5.